The number of nitrogens with one attached hydrogen (secondary N) is 6. The van der Waals surface area contributed by atoms with Crippen molar-refractivity contribution in [3.05, 3.63) is 157 Å². The Morgan fingerprint density at radius 1 is 0.327 bits per heavy atom. The Morgan fingerprint density at radius 2 is 0.596 bits per heavy atom. The number of hydrogen-bond acceptors (Lipinski definition) is 2. The van der Waals surface area contributed by atoms with Crippen LogP contribution in [0.1, 0.15) is 22.8 Å². The minimum atomic E-state index is 0.915. The third-order valence-electron chi connectivity index (χ3n) is 6.64. The first kappa shape index (κ1) is 40.7. The second kappa shape index (κ2) is 20.3. The molecule has 0 atom stereocenters. The maximum absolute atomic E-state index is 4.62. The molecule has 0 saturated heterocycles. The van der Waals surface area contributed by atoms with E-state index < -0.39 is 0 Å². The summed E-state index contributed by atoms with van der Waals surface area (Å²) in [6.07, 6.45) is 15.5. The van der Waals surface area contributed by atoms with Gasteiger partial charge in [0.2, 0.25) is 0 Å². The van der Waals surface area contributed by atoms with Gasteiger partial charge in [0.25, 0.3) is 0 Å². The van der Waals surface area contributed by atoms with Crippen LogP contribution in [0, 0.1) is 0 Å². The van der Waals surface area contributed by atoms with Crippen molar-refractivity contribution in [1.82, 2.24) is 39.9 Å². The summed E-state index contributed by atoms with van der Waals surface area (Å²) >= 11 is 26.2. The smallest absolute Gasteiger partial charge is 0.0964 e. The number of rotatable bonds is 0. The van der Waals surface area contributed by atoms with E-state index >= 15 is 0 Å². The maximum atomic E-state index is 4.62. The van der Waals surface area contributed by atoms with Crippen molar-refractivity contribution < 1.29 is 0 Å². The number of aromatic nitrogens is 8. The molecule has 0 fully saturated rings. The number of fused-ring (bicyclic) bond motifs is 8. The van der Waals surface area contributed by atoms with Crippen molar-refractivity contribution in [2.45, 2.75) is 0 Å². The van der Waals surface area contributed by atoms with Crippen molar-refractivity contribution in [3.63, 3.8) is 0 Å². The molecule has 2 aliphatic rings. The van der Waals surface area contributed by atoms with Crippen LogP contribution in [0.15, 0.2) is 134 Å². The SMILES string of the molecule is Brc1cc[nH]c1Br.Brc1cc[nH]c1Br.Brc1cc[nH]c1Br.Brc1cc[nH]c1Br.C1=Cc2cc3ccc(cc4ccc(cc5nc(cc1n2)C=C5)[nH]4)[nH]3. The second-order valence-electron chi connectivity index (χ2n) is 10.5. The molecule has 0 radical (unpaired) electrons. The number of halogens is 8. The van der Waals surface area contributed by atoms with E-state index in [0.29, 0.717) is 0 Å². The van der Waals surface area contributed by atoms with E-state index in [1.54, 1.807) is 0 Å². The molecule has 9 heterocycles. The molecule has 7 aromatic rings. The van der Waals surface area contributed by atoms with Gasteiger partial charge in [0.05, 0.1) is 41.2 Å². The molecule has 266 valence electrons. The zero-order valence-electron chi connectivity index (χ0n) is 26.5. The predicted molar refractivity (Wildman–Crippen MR) is 244 cm³/mol. The van der Waals surface area contributed by atoms with Crippen molar-refractivity contribution in [1.29, 1.82) is 0 Å². The Hall–Kier alpha value is -2.44. The van der Waals surface area contributed by atoms with Gasteiger partial charge in [-0.25, -0.2) is 9.97 Å². The lowest BCUT2D eigenvalue weighted by Crippen LogP contribution is -1.77. The van der Waals surface area contributed by atoms with Gasteiger partial charge in [-0.05, 0) is 225 Å². The number of aromatic amines is 6. The topological polar surface area (TPSA) is 121 Å². The van der Waals surface area contributed by atoms with Crippen LogP contribution in [-0.4, -0.2) is 39.9 Å². The summed E-state index contributed by atoms with van der Waals surface area (Å²) in [4.78, 5) is 27.8. The molecular weight excluding hydrogens is 1180 g/mol. The lowest BCUT2D eigenvalue weighted by Gasteiger charge is -1.86. The van der Waals surface area contributed by atoms with E-state index in [1.165, 1.54) is 0 Å². The normalized spacial score (nSPS) is 10.9. The summed E-state index contributed by atoms with van der Waals surface area (Å²) < 4.78 is 8.22. The molecule has 0 aliphatic carbocycles. The molecule has 0 amide bonds. The molecule has 9 rings (SSSR count). The van der Waals surface area contributed by atoms with Crippen LogP contribution < -0.4 is 0 Å². The fraction of sp³-hybridized carbons (Fsp3) is 0. The molecule has 16 heteroatoms. The molecule has 0 spiro atoms. The minimum absolute atomic E-state index is 0.915. The van der Waals surface area contributed by atoms with Crippen molar-refractivity contribution in [3.8, 4) is 0 Å². The summed E-state index contributed by atoms with van der Waals surface area (Å²) in [6.45, 7) is 0. The van der Waals surface area contributed by atoms with Gasteiger partial charge in [-0.15, -0.1) is 0 Å². The quantitative estimate of drug-likeness (QED) is 0.0907. The molecule has 0 saturated carbocycles. The van der Waals surface area contributed by atoms with Crippen molar-refractivity contribution in [2.75, 3.05) is 0 Å². The fourth-order valence-electron chi connectivity index (χ4n) is 4.26. The number of H-pyrrole nitrogens is 6. The third kappa shape index (κ3) is 12.9. The fourth-order valence-corrected chi connectivity index (χ4v) is 6.31. The Bertz CT molecular complexity index is 2140. The van der Waals surface area contributed by atoms with Gasteiger partial charge >= 0.3 is 0 Å². The van der Waals surface area contributed by atoms with Gasteiger partial charge in [-0.1, -0.05) is 0 Å². The van der Waals surface area contributed by atoms with Crippen molar-refractivity contribution >= 4 is 174 Å². The summed E-state index contributed by atoms with van der Waals surface area (Å²) in [7, 11) is 0. The van der Waals surface area contributed by atoms with Crippen LogP contribution in [0.5, 0.6) is 0 Å². The van der Waals surface area contributed by atoms with Gasteiger partial charge in [0.15, 0.2) is 0 Å². The van der Waals surface area contributed by atoms with Crippen molar-refractivity contribution in [2.24, 2.45) is 0 Å². The highest BCUT2D eigenvalue weighted by Crippen LogP contribution is 2.22. The van der Waals surface area contributed by atoms with E-state index in [2.05, 4.69) is 198 Å². The molecule has 0 aromatic carbocycles. The Balaban J connectivity index is 0.000000151. The largest absolute Gasteiger partial charge is 0.355 e. The maximum Gasteiger partial charge on any atom is 0.0964 e. The molecular formula is C36H26Br8N8. The standard InChI is InChI=1S/C20H14N4.4C4H3Br2N/c1-2-14-10-16-5-6-18(23-16)12-20-8-7-19(24-20)11-17-4-3-15(22-17)9-13(1)21-14;4*5-3-1-2-7-4(3)6/h1-12,21-22H;4*1-2,7H. The average Bonchev–Trinajstić information content (AvgIpc) is 3.97. The second-order valence-corrected chi connectivity index (χ2v) is 17.1. The summed E-state index contributed by atoms with van der Waals surface area (Å²) in [6, 6.07) is 24.1. The molecule has 7 aromatic heterocycles. The molecule has 0 unspecified atom stereocenters. The Morgan fingerprint density at radius 3 is 0.827 bits per heavy atom. The van der Waals surface area contributed by atoms with Gasteiger partial charge in [0.1, 0.15) is 0 Å². The molecule has 8 bridgehead atoms. The first-order chi connectivity index (χ1) is 25.0. The first-order valence-corrected chi connectivity index (χ1v) is 21.3. The lowest BCUT2D eigenvalue weighted by atomic mass is 10.3. The highest BCUT2D eigenvalue weighted by molar-refractivity contribution is 9.14. The van der Waals surface area contributed by atoms with E-state index in [9.17, 15) is 0 Å². The van der Waals surface area contributed by atoms with Gasteiger partial charge in [-0.2, -0.15) is 0 Å². The predicted octanol–water partition coefficient (Wildman–Crippen LogP) is 14.8. The van der Waals surface area contributed by atoms with Crippen LogP contribution in [-0.2, 0) is 0 Å². The van der Waals surface area contributed by atoms with Gasteiger partial charge < -0.3 is 29.9 Å². The van der Waals surface area contributed by atoms with E-state index in [1.807, 2.05) is 91.6 Å². The lowest BCUT2D eigenvalue weighted by molar-refractivity contribution is 1.28. The molecule has 8 nitrogen and oxygen atoms in total. The van der Waals surface area contributed by atoms with Gasteiger partial charge in [0, 0.05) is 64.7 Å². The monoisotopic (exact) mass is 1200 g/mol. The average molecular weight is 1210 g/mol. The zero-order valence-corrected chi connectivity index (χ0v) is 39.2. The first-order valence-electron chi connectivity index (χ1n) is 15.0. The zero-order chi connectivity index (χ0) is 37.0. The van der Waals surface area contributed by atoms with Gasteiger partial charge in [-0.3, -0.25) is 0 Å². The Labute approximate surface area is 366 Å². The van der Waals surface area contributed by atoms with E-state index in [0.717, 1.165) is 81.1 Å². The van der Waals surface area contributed by atoms with E-state index in [4.69, 9.17) is 0 Å². The van der Waals surface area contributed by atoms with Crippen LogP contribution >= 0.6 is 127 Å². The molecule has 52 heavy (non-hydrogen) atoms. The highest BCUT2D eigenvalue weighted by Gasteiger charge is 2.02. The minimum Gasteiger partial charge on any atom is -0.355 e. The molecule has 2 aliphatic heterocycles. The highest BCUT2D eigenvalue weighted by atomic mass is 79.9. The van der Waals surface area contributed by atoms with Crippen LogP contribution in [0.4, 0.5) is 0 Å². The summed E-state index contributed by atoms with van der Waals surface area (Å²) in [5.74, 6) is 0. The van der Waals surface area contributed by atoms with Crippen LogP contribution in [0.2, 0.25) is 0 Å². The summed E-state index contributed by atoms with van der Waals surface area (Å²) in [5, 5.41) is 0. The number of nitrogens with zero attached hydrogens (tertiary/aromatic N) is 2. The van der Waals surface area contributed by atoms with Crippen LogP contribution in [0.25, 0.3) is 46.4 Å². The third-order valence-corrected chi connectivity index (χ3v) is 14.0. The number of hydrogen-bond donors (Lipinski definition) is 6. The Kier molecular flexibility index (Phi) is 15.9. The van der Waals surface area contributed by atoms with Crippen LogP contribution in [0.3, 0.4) is 0 Å². The summed E-state index contributed by atoms with van der Waals surface area (Å²) in [5.41, 5.74) is 7.86. The molecule has 6 N–H and O–H groups in total. The van der Waals surface area contributed by atoms with E-state index in [-0.39, 0.29) is 0 Å².